The first-order valence-corrected chi connectivity index (χ1v) is 4.49. The van der Waals surface area contributed by atoms with Crippen LogP contribution in [-0.4, -0.2) is 24.0 Å². The van der Waals surface area contributed by atoms with Crippen LogP contribution in [0.1, 0.15) is 13.8 Å². The topological polar surface area (TPSA) is 27.0 Å². The van der Waals surface area contributed by atoms with Gasteiger partial charge >= 0.3 is 0 Å². The fourth-order valence-corrected chi connectivity index (χ4v) is 0.963. The van der Waals surface area contributed by atoms with E-state index < -0.39 is 0 Å². The molecule has 0 aromatic carbocycles. The number of rotatable bonds is 4. The van der Waals surface area contributed by atoms with Crippen LogP contribution in [0, 0.1) is 11.3 Å². The van der Waals surface area contributed by atoms with Crippen molar-refractivity contribution in [1.29, 1.82) is 5.26 Å². The Hall–Kier alpha value is -0.230. The maximum Gasteiger partial charge on any atom is 0.0871 e. The summed E-state index contributed by atoms with van der Waals surface area (Å²) in [6.07, 6.45) is 0. The minimum absolute atomic E-state index is 0.301. The molecule has 0 unspecified atom stereocenters. The van der Waals surface area contributed by atoms with Crippen LogP contribution in [0.5, 0.6) is 0 Å². The van der Waals surface area contributed by atoms with Gasteiger partial charge in [0.1, 0.15) is 0 Å². The van der Waals surface area contributed by atoms with E-state index in [2.05, 4.69) is 6.07 Å². The van der Waals surface area contributed by atoms with Crippen molar-refractivity contribution in [1.82, 2.24) is 4.90 Å². The summed E-state index contributed by atoms with van der Waals surface area (Å²) in [5.41, 5.74) is 1.33. The van der Waals surface area contributed by atoms with E-state index in [0.717, 1.165) is 0 Å². The van der Waals surface area contributed by atoms with E-state index >= 15 is 0 Å². The van der Waals surface area contributed by atoms with Gasteiger partial charge in [-0.3, -0.25) is 4.90 Å². The molecule has 0 N–H and O–H groups in total. The van der Waals surface area contributed by atoms with Gasteiger partial charge in [0.15, 0.2) is 0 Å². The molecule has 0 fully saturated rings. The van der Waals surface area contributed by atoms with E-state index in [1.165, 1.54) is 5.54 Å². The molecule has 0 bridgehead atoms. The zero-order chi connectivity index (χ0) is 9.56. The molecule has 0 radical (unpaired) electrons. The van der Waals surface area contributed by atoms with Crippen molar-refractivity contribution in [3.8, 4) is 6.07 Å². The van der Waals surface area contributed by atoms with Gasteiger partial charge in [-0.05, 0) is 13.8 Å². The van der Waals surface area contributed by atoms with Crippen molar-refractivity contribution < 1.29 is 0 Å². The predicted octanol–water partition coefficient (Wildman–Crippen LogP) is 2.54. The molecule has 2 nitrogen and oxygen atoms in total. The molecule has 0 saturated carbocycles. The van der Waals surface area contributed by atoms with E-state index in [-0.39, 0.29) is 0 Å². The Morgan fingerprint density at radius 2 is 2.25 bits per heavy atom. The first-order chi connectivity index (χ1) is 5.61. The van der Waals surface area contributed by atoms with Gasteiger partial charge in [0.05, 0.1) is 12.6 Å². The molecule has 4 heteroatoms. The van der Waals surface area contributed by atoms with Crippen LogP contribution in [0.25, 0.3) is 0 Å². The third kappa shape index (κ3) is 4.61. The summed E-state index contributed by atoms with van der Waals surface area (Å²) in [6, 6.07) is 2.38. The average Bonchev–Trinajstić information content (AvgIpc) is 2.03. The summed E-state index contributed by atoms with van der Waals surface area (Å²) in [5, 5.41) is 9.04. The first kappa shape index (κ1) is 11.8. The molecule has 0 aromatic rings. The minimum atomic E-state index is 0.301. The highest BCUT2D eigenvalue weighted by molar-refractivity contribution is 6.36. The van der Waals surface area contributed by atoms with Crippen molar-refractivity contribution in [2.45, 2.75) is 19.9 Å². The molecule has 0 spiro atoms. The largest absolute Gasteiger partial charge is 0.283 e. The Morgan fingerprint density at radius 3 is 2.58 bits per heavy atom. The minimum Gasteiger partial charge on any atom is -0.283 e. The summed E-state index contributed by atoms with van der Waals surface area (Å²) >= 11 is 11.1. The highest BCUT2D eigenvalue weighted by Gasteiger charge is 2.09. The monoisotopic (exact) mass is 206 g/mol. The number of hydrogen-bond donors (Lipinski definition) is 0. The molecule has 0 amide bonds. The Balaban J connectivity index is 4.06. The fraction of sp³-hybridized carbons (Fsp3) is 0.625. The first-order valence-electron chi connectivity index (χ1n) is 3.67. The summed E-state index contributed by atoms with van der Waals surface area (Å²) in [5.74, 6) is 0. The summed E-state index contributed by atoms with van der Waals surface area (Å²) in [6.45, 7) is 4.93. The second-order valence-corrected chi connectivity index (χ2v) is 3.42. The lowest BCUT2D eigenvalue weighted by Gasteiger charge is -2.22. The Bertz CT molecular complexity index is 194. The Morgan fingerprint density at radius 1 is 1.67 bits per heavy atom. The van der Waals surface area contributed by atoms with Crippen LogP contribution >= 0.6 is 23.2 Å². The van der Waals surface area contributed by atoms with Gasteiger partial charge in [-0.15, -0.1) is 0 Å². The van der Waals surface area contributed by atoms with Gasteiger partial charge in [-0.25, -0.2) is 0 Å². The van der Waals surface area contributed by atoms with Crippen molar-refractivity contribution in [2.24, 2.45) is 0 Å². The molecule has 0 atom stereocenters. The van der Waals surface area contributed by atoms with Crippen LogP contribution in [0.15, 0.2) is 10.6 Å². The number of nitriles is 1. The zero-order valence-corrected chi connectivity index (χ0v) is 8.73. The normalized spacial score (nSPS) is 12.2. The van der Waals surface area contributed by atoms with Gasteiger partial charge in [0.25, 0.3) is 0 Å². The van der Waals surface area contributed by atoms with Crippen molar-refractivity contribution >= 4 is 23.2 Å². The fourth-order valence-electron chi connectivity index (χ4n) is 0.740. The average molecular weight is 207 g/mol. The number of nitrogens with zero attached hydrogens (tertiary/aromatic N) is 2. The molecule has 0 aromatic heterocycles. The van der Waals surface area contributed by atoms with Gasteiger partial charge in [-0.2, -0.15) is 5.26 Å². The van der Waals surface area contributed by atoms with E-state index in [1.54, 1.807) is 0 Å². The standard InChI is InChI=1S/C8H12Cl2N2/c1-7(2)12(4-3-11)6-8(10)5-9/h5,7H,4,6H2,1-2H3. The van der Waals surface area contributed by atoms with E-state index in [0.29, 0.717) is 24.2 Å². The van der Waals surface area contributed by atoms with Crippen LogP contribution in [0.3, 0.4) is 0 Å². The second-order valence-electron chi connectivity index (χ2n) is 2.71. The quantitative estimate of drug-likeness (QED) is 0.662. The summed E-state index contributed by atoms with van der Waals surface area (Å²) in [7, 11) is 0. The number of halogens is 2. The maximum absolute atomic E-state index is 8.48. The molecular formula is C8H12Cl2N2. The van der Waals surface area contributed by atoms with Gasteiger partial charge in [0, 0.05) is 23.2 Å². The van der Waals surface area contributed by atoms with Crippen LogP contribution in [0.2, 0.25) is 0 Å². The van der Waals surface area contributed by atoms with Crippen LogP contribution in [-0.2, 0) is 0 Å². The third-order valence-corrected chi connectivity index (χ3v) is 2.08. The van der Waals surface area contributed by atoms with Crippen molar-refractivity contribution in [3.63, 3.8) is 0 Å². The van der Waals surface area contributed by atoms with E-state index in [9.17, 15) is 0 Å². The highest BCUT2D eigenvalue weighted by Crippen LogP contribution is 2.08. The molecule has 12 heavy (non-hydrogen) atoms. The lowest BCUT2D eigenvalue weighted by molar-refractivity contribution is 0.274. The van der Waals surface area contributed by atoms with Crippen LogP contribution < -0.4 is 0 Å². The molecule has 0 aliphatic heterocycles. The predicted molar refractivity (Wildman–Crippen MR) is 52.1 cm³/mol. The highest BCUT2D eigenvalue weighted by atomic mass is 35.5. The molecular weight excluding hydrogens is 195 g/mol. The molecule has 0 rings (SSSR count). The molecule has 0 aliphatic rings. The third-order valence-electron chi connectivity index (χ3n) is 1.48. The molecule has 0 heterocycles. The van der Waals surface area contributed by atoms with Gasteiger partial charge in [-0.1, -0.05) is 23.2 Å². The lowest BCUT2D eigenvalue weighted by Crippen LogP contribution is -2.32. The second kappa shape index (κ2) is 6.30. The SMILES string of the molecule is CC(C)N(CC#N)CC(Cl)=CCl. The Kier molecular flexibility index (Phi) is 6.18. The molecule has 68 valence electrons. The van der Waals surface area contributed by atoms with Crippen LogP contribution in [0.4, 0.5) is 0 Å². The van der Waals surface area contributed by atoms with Gasteiger partial charge in [0.2, 0.25) is 0 Å². The molecule has 0 aliphatic carbocycles. The zero-order valence-electron chi connectivity index (χ0n) is 7.22. The number of hydrogen-bond acceptors (Lipinski definition) is 2. The van der Waals surface area contributed by atoms with Crippen molar-refractivity contribution in [2.75, 3.05) is 13.1 Å². The van der Waals surface area contributed by atoms with E-state index in [1.807, 2.05) is 18.7 Å². The maximum atomic E-state index is 8.48. The lowest BCUT2D eigenvalue weighted by atomic mass is 10.3. The Labute approximate surface area is 83.4 Å². The molecule has 0 saturated heterocycles. The van der Waals surface area contributed by atoms with E-state index in [4.69, 9.17) is 28.5 Å². The summed E-state index contributed by atoms with van der Waals surface area (Å²) in [4.78, 5) is 1.93. The smallest absolute Gasteiger partial charge is 0.0871 e. The van der Waals surface area contributed by atoms with Gasteiger partial charge < -0.3 is 0 Å². The summed E-state index contributed by atoms with van der Waals surface area (Å²) < 4.78 is 0. The van der Waals surface area contributed by atoms with Crippen molar-refractivity contribution in [3.05, 3.63) is 10.6 Å².